The Bertz CT molecular complexity index is 556. The first-order chi connectivity index (χ1) is 7.59. The minimum absolute atomic E-state index is 0.911. The predicted molar refractivity (Wildman–Crippen MR) is 73.1 cm³/mol. The van der Waals surface area contributed by atoms with Crippen LogP contribution in [0.5, 0.6) is 0 Å². The lowest BCUT2D eigenvalue weighted by molar-refractivity contribution is 1.04. The second-order valence-electron chi connectivity index (χ2n) is 3.56. The molecule has 0 fully saturated rings. The van der Waals surface area contributed by atoms with Crippen molar-refractivity contribution in [2.75, 3.05) is 19.0 Å². The van der Waals surface area contributed by atoms with Crippen LogP contribution in [0.4, 0.5) is 5.82 Å². The van der Waals surface area contributed by atoms with Gasteiger partial charge in [-0.15, -0.1) is 0 Å². The van der Waals surface area contributed by atoms with Crippen LogP contribution in [0.3, 0.4) is 0 Å². The van der Waals surface area contributed by atoms with Gasteiger partial charge in [-0.1, -0.05) is 32.9 Å². The van der Waals surface area contributed by atoms with Crippen LogP contribution in [0.2, 0.25) is 0 Å². The Kier molecular flexibility index (Phi) is 3.32. The molecule has 16 heavy (non-hydrogen) atoms. The van der Waals surface area contributed by atoms with Gasteiger partial charge < -0.3 is 4.90 Å². The molecule has 0 aliphatic heterocycles. The van der Waals surface area contributed by atoms with E-state index >= 15 is 0 Å². The maximum atomic E-state index is 5.23. The highest BCUT2D eigenvalue weighted by Gasteiger charge is 2.09. The maximum Gasteiger partial charge on any atom is 0.132 e. The molecule has 0 aliphatic rings. The third kappa shape index (κ3) is 2.14. The number of aromatic nitrogens is 2. The molecule has 0 saturated heterocycles. The molecule has 0 saturated carbocycles. The van der Waals surface area contributed by atoms with Gasteiger partial charge in [-0.25, -0.2) is 9.97 Å². The molecular formula is C10H11N3S3. The summed E-state index contributed by atoms with van der Waals surface area (Å²) in [6.45, 7) is 2.04. The molecule has 3 nitrogen and oxygen atoms in total. The zero-order chi connectivity index (χ0) is 11.7. The predicted octanol–water partition coefficient (Wildman–Crippen LogP) is 3.37. The van der Waals surface area contributed by atoms with Crippen molar-refractivity contribution in [3.05, 3.63) is 21.8 Å². The molecular weight excluding hydrogens is 258 g/mol. The first-order valence-electron chi connectivity index (χ1n) is 4.69. The average molecular weight is 269 g/mol. The van der Waals surface area contributed by atoms with Gasteiger partial charge >= 0.3 is 0 Å². The quantitative estimate of drug-likeness (QED) is 0.617. The molecule has 2 aromatic rings. The second kappa shape index (κ2) is 4.57. The summed E-state index contributed by atoms with van der Waals surface area (Å²) in [5, 5.41) is 0. The molecule has 0 N–H and O–H groups in total. The third-order valence-electron chi connectivity index (χ3n) is 2.19. The van der Waals surface area contributed by atoms with E-state index in [1.807, 2.05) is 32.0 Å². The lowest BCUT2D eigenvalue weighted by Crippen LogP contribution is -2.10. The normalized spacial score (nSPS) is 10.4. The fraction of sp³-hybridized carbons (Fsp3) is 0.300. The highest BCUT2D eigenvalue weighted by molar-refractivity contribution is 7.80. The minimum atomic E-state index is 0.911. The summed E-state index contributed by atoms with van der Waals surface area (Å²) in [5.74, 6) is 0.911. The van der Waals surface area contributed by atoms with Crippen molar-refractivity contribution in [1.82, 2.24) is 9.97 Å². The summed E-state index contributed by atoms with van der Waals surface area (Å²) in [6.07, 6.45) is 1.59. The molecule has 0 unspecified atom stereocenters. The van der Waals surface area contributed by atoms with Crippen LogP contribution >= 0.6 is 32.9 Å². The number of rotatable bonds is 2. The van der Waals surface area contributed by atoms with E-state index in [0.717, 1.165) is 25.8 Å². The van der Waals surface area contributed by atoms with Crippen molar-refractivity contribution < 1.29 is 0 Å². The lowest BCUT2D eigenvalue weighted by Gasteiger charge is -2.11. The van der Waals surface area contributed by atoms with Crippen molar-refractivity contribution in [2.24, 2.45) is 0 Å². The van der Waals surface area contributed by atoms with E-state index in [2.05, 4.69) is 9.97 Å². The maximum absolute atomic E-state index is 5.23. The van der Waals surface area contributed by atoms with Crippen LogP contribution in [0, 0.1) is 10.7 Å². The molecule has 0 aliphatic carbocycles. The number of hydrogen-bond donors (Lipinski definition) is 0. The molecule has 0 atom stereocenters. The van der Waals surface area contributed by atoms with Crippen molar-refractivity contribution in [1.29, 1.82) is 0 Å². The van der Waals surface area contributed by atoms with E-state index in [0.29, 0.717) is 0 Å². The van der Waals surface area contributed by atoms with E-state index in [9.17, 15) is 0 Å². The Balaban J connectivity index is 2.52. The zero-order valence-corrected chi connectivity index (χ0v) is 11.7. The molecule has 0 spiro atoms. The van der Waals surface area contributed by atoms with E-state index in [1.165, 1.54) is 0 Å². The molecule has 0 bridgehead atoms. The van der Waals surface area contributed by atoms with Gasteiger partial charge in [-0.2, -0.15) is 0 Å². The zero-order valence-electron chi connectivity index (χ0n) is 9.22. The van der Waals surface area contributed by atoms with Crippen molar-refractivity contribution in [3.63, 3.8) is 0 Å². The Morgan fingerprint density at radius 2 is 2.00 bits per heavy atom. The molecule has 0 amide bonds. The summed E-state index contributed by atoms with van der Waals surface area (Å²) in [6, 6.07) is 1.99. The second-order valence-corrected chi connectivity index (χ2v) is 6.38. The van der Waals surface area contributed by atoms with Crippen LogP contribution in [-0.2, 0) is 0 Å². The van der Waals surface area contributed by atoms with Crippen LogP contribution < -0.4 is 4.90 Å². The Hall–Kier alpha value is -0.850. The highest BCUT2D eigenvalue weighted by atomic mass is 32.9. The number of nitrogens with zero attached hydrogens (tertiary/aromatic N) is 3. The van der Waals surface area contributed by atoms with Crippen molar-refractivity contribution in [3.8, 4) is 10.6 Å². The SMILES string of the molecule is Cc1c(-c2cc(N(C)C)ncn2)ssc1=S. The van der Waals surface area contributed by atoms with E-state index < -0.39 is 0 Å². The van der Waals surface area contributed by atoms with Gasteiger partial charge in [0, 0.05) is 20.2 Å². The van der Waals surface area contributed by atoms with Crippen molar-refractivity contribution >= 4 is 38.7 Å². The average Bonchev–Trinajstić information content (AvgIpc) is 2.60. The van der Waals surface area contributed by atoms with Crippen LogP contribution in [0.15, 0.2) is 12.4 Å². The van der Waals surface area contributed by atoms with Gasteiger partial charge in [0.05, 0.1) is 10.6 Å². The van der Waals surface area contributed by atoms with Gasteiger partial charge in [-0.05, 0) is 12.5 Å². The van der Waals surface area contributed by atoms with Gasteiger partial charge in [-0.3, -0.25) is 0 Å². The summed E-state index contributed by atoms with van der Waals surface area (Å²) < 4.78 is 0.949. The fourth-order valence-corrected chi connectivity index (χ4v) is 4.08. The molecule has 0 radical (unpaired) electrons. The molecule has 84 valence electrons. The van der Waals surface area contributed by atoms with Gasteiger partial charge in [0.1, 0.15) is 16.0 Å². The highest BCUT2D eigenvalue weighted by Crippen LogP contribution is 2.33. The van der Waals surface area contributed by atoms with Gasteiger partial charge in [0.15, 0.2) is 0 Å². The lowest BCUT2D eigenvalue weighted by atomic mass is 10.2. The first kappa shape index (κ1) is 11.6. The Morgan fingerprint density at radius 1 is 1.25 bits per heavy atom. The Morgan fingerprint density at radius 3 is 2.56 bits per heavy atom. The number of anilines is 1. The molecule has 2 heterocycles. The summed E-state index contributed by atoms with van der Waals surface area (Å²) in [7, 11) is 7.23. The van der Waals surface area contributed by atoms with E-state index in [-0.39, 0.29) is 0 Å². The van der Waals surface area contributed by atoms with Crippen LogP contribution in [0.25, 0.3) is 10.6 Å². The summed E-state index contributed by atoms with van der Waals surface area (Å²) in [4.78, 5) is 11.6. The number of hydrogen-bond acceptors (Lipinski definition) is 6. The smallest absolute Gasteiger partial charge is 0.132 e. The molecule has 2 aromatic heterocycles. The molecule has 0 aromatic carbocycles. The fourth-order valence-electron chi connectivity index (χ4n) is 1.25. The van der Waals surface area contributed by atoms with Gasteiger partial charge in [0.25, 0.3) is 0 Å². The monoisotopic (exact) mass is 269 g/mol. The summed E-state index contributed by atoms with van der Waals surface area (Å²) >= 11 is 5.23. The third-order valence-corrected chi connectivity index (χ3v) is 5.54. The van der Waals surface area contributed by atoms with E-state index in [4.69, 9.17) is 12.2 Å². The summed E-state index contributed by atoms with van der Waals surface area (Å²) in [5.41, 5.74) is 2.10. The van der Waals surface area contributed by atoms with Crippen LogP contribution in [-0.4, -0.2) is 24.1 Å². The molecule has 2 rings (SSSR count). The van der Waals surface area contributed by atoms with Crippen LogP contribution in [0.1, 0.15) is 5.56 Å². The minimum Gasteiger partial charge on any atom is -0.363 e. The van der Waals surface area contributed by atoms with E-state index in [1.54, 1.807) is 27.0 Å². The largest absolute Gasteiger partial charge is 0.363 e. The van der Waals surface area contributed by atoms with Crippen molar-refractivity contribution in [2.45, 2.75) is 6.92 Å². The standard InChI is InChI=1S/C10H11N3S3/c1-6-9(15-16-10(6)14)7-4-8(13(2)3)12-5-11-7/h4-5H,1-3H3. The first-order valence-corrected chi connectivity index (χ1v) is 7.25. The molecule has 6 heteroatoms. The topological polar surface area (TPSA) is 29.0 Å². The van der Waals surface area contributed by atoms with Gasteiger partial charge in [0.2, 0.25) is 0 Å². The Labute approximate surface area is 107 Å².